The second-order valence-corrected chi connectivity index (χ2v) is 2.66. The van der Waals surface area contributed by atoms with E-state index in [-0.39, 0.29) is 51.4 Å². The Labute approximate surface area is 117 Å². The first-order valence-electron chi connectivity index (χ1n) is 3.87. The quantitative estimate of drug-likeness (QED) is 0.498. The van der Waals surface area contributed by atoms with Gasteiger partial charge in [0.1, 0.15) is 0 Å². The van der Waals surface area contributed by atoms with Crippen molar-refractivity contribution in [3.05, 3.63) is 35.7 Å². The second-order valence-electron chi connectivity index (χ2n) is 2.66. The van der Waals surface area contributed by atoms with Gasteiger partial charge in [-0.15, -0.1) is 0 Å². The molecule has 1 N–H and O–H groups in total. The van der Waals surface area contributed by atoms with Gasteiger partial charge < -0.3 is 5.11 Å². The molecule has 0 fully saturated rings. The van der Waals surface area contributed by atoms with Gasteiger partial charge in [-0.05, 0) is 6.92 Å². The summed E-state index contributed by atoms with van der Waals surface area (Å²) in [6.07, 6.45) is 3.16. The van der Waals surface area contributed by atoms with Crippen molar-refractivity contribution in [2.45, 2.75) is 20.3 Å². The number of phenols is 1. The number of hydrogen-bond acceptors (Lipinski definition) is 1. The van der Waals surface area contributed by atoms with Crippen molar-refractivity contribution in [2.24, 2.45) is 0 Å². The molecule has 12 heavy (non-hydrogen) atoms. The molecule has 0 bridgehead atoms. The van der Waals surface area contributed by atoms with Crippen molar-refractivity contribution in [3.8, 4) is 5.75 Å². The normalized spacial score (nSPS) is 8.83. The molecule has 0 aromatic heterocycles. The average Bonchev–Trinajstić information content (AvgIpc) is 1.98. The van der Waals surface area contributed by atoms with Gasteiger partial charge in [0.05, 0.1) is 5.75 Å². The molecule has 0 radical (unpaired) electrons. The third-order valence-electron chi connectivity index (χ3n) is 1.66. The van der Waals surface area contributed by atoms with Crippen LogP contribution in [0.3, 0.4) is 0 Å². The largest absolute Gasteiger partial charge is 1.00 e. The monoisotopic (exact) mass is 188 g/mol. The van der Waals surface area contributed by atoms with Crippen LogP contribution in [-0.2, 0) is 0 Å². The number of benzene rings is 1. The maximum Gasteiger partial charge on any atom is 1.00 e. The summed E-state index contributed by atoms with van der Waals surface area (Å²) in [6, 6.07) is 5.64. The molecule has 0 heterocycles. The first-order chi connectivity index (χ1) is 5.24. The Morgan fingerprint density at radius 2 is 2.08 bits per heavy atom. The summed E-state index contributed by atoms with van der Waals surface area (Å²) in [5.74, 6) is 0.373. The molecule has 60 valence electrons. The van der Waals surface area contributed by atoms with Crippen molar-refractivity contribution < 1.29 is 56.5 Å². The summed E-state index contributed by atoms with van der Waals surface area (Å²) < 4.78 is 0. The zero-order valence-electron chi connectivity index (χ0n) is 7.96. The van der Waals surface area contributed by atoms with Crippen LogP contribution in [0, 0.1) is 13.3 Å². The standard InChI is InChI=1S/C10H13O.K/c1-3-4-9-5-6-10(11)8(2)7-9;/h4-7,11H,3H2,1-2H3;/q-1;+1. The predicted molar refractivity (Wildman–Crippen MR) is 46.5 cm³/mol. The van der Waals surface area contributed by atoms with Crippen LogP contribution in [0.25, 0.3) is 0 Å². The van der Waals surface area contributed by atoms with E-state index in [1.54, 1.807) is 6.07 Å². The van der Waals surface area contributed by atoms with Crippen LogP contribution in [0.5, 0.6) is 5.75 Å². The molecule has 0 amide bonds. The molecular formula is C10H13KO. The topological polar surface area (TPSA) is 20.2 Å². The van der Waals surface area contributed by atoms with E-state index in [1.165, 1.54) is 5.56 Å². The van der Waals surface area contributed by atoms with E-state index in [0.717, 1.165) is 12.0 Å². The van der Waals surface area contributed by atoms with Crippen LogP contribution in [0.2, 0.25) is 0 Å². The fourth-order valence-electron chi connectivity index (χ4n) is 1.04. The van der Waals surface area contributed by atoms with Gasteiger partial charge in [-0.3, -0.25) is 0 Å². The fourth-order valence-corrected chi connectivity index (χ4v) is 1.04. The molecule has 1 nitrogen and oxygen atoms in total. The van der Waals surface area contributed by atoms with Crippen LogP contribution in [0.15, 0.2) is 18.2 Å². The smallest absolute Gasteiger partial charge is 0.510 e. The molecule has 1 aromatic rings. The third kappa shape index (κ3) is 3.50. The summed E-state index contributed by atoms with van der Waals surface area (Å²) in [4.78, 5) is 0. The van der Waals surface area contributed by atoms with Gasteiger partial charge in [-0.25, -0.2) is 0 Å². The Morgan fingerprint density at radius 1 is 1.42 bits per heavy atom. The van der Waals surface area contributed by atoms with E-state index in [2.05, 4.69) is 13.3 Å². The number of aromatic hydroxyl groups is 1. The Hall–Kier alpha value is 0.526. The SMILES string of the molecule is CC[CH-]c1ccc(O)c(C)c1.[K+]. The Bertz CT molecular complexity index is 246. The molecule has 0 atom stereocenters. The van der Waals surface area contributed by atoms with E-state index in [4.69, 9.17) is 0 Å². The van der Waals surface area contributed by atoms with Crippen molar-refractivity contribution in [3.63, 3.8) is 0 Å². The number of phenolic OH excluding ortho intramolecular Hbond substituents is 1. The number of aryl methyl sites for hydroxylation is 1. The van der Waals surface area contributed by atoms with Crippen molar-refractivity contribution in [1.29, 1.82) is 0 Å². The van der Waals surface area contributed by atoms with E-state index >= 15 is 0 Å². The molecule has 0 spiro atoms. The van der Waals surface area contributed by atoms with Gasteiger partial charge >= 0.3 is 51.4 Å². The first kappa shape index (κ1) is 12.5. The summed E-state index contributed by atoms with van der Waals surface area (Å²) in [7, 11) is 0. The Kier molecular flexibility index (Phi) is 6.32. The third-order valence-corrected chi connectivity index (χ3v) is 1.66. The van der Waals surface area contributed by atoms with E-state index in [0.29, 0.717) is 5.75 Å². The van der Waals surface area contributed by atoms with Crippen molar-refractivity contribution in [2.75, 3.05) is 0 Å². The second kappa shape index (κ2) is 6.05. The molecule has 0 saturated carbocycles. The molecular weight excluding hydrogens is 175 g/mol. The molecule has 1 rings (SSSR count). The van der Waals surface area contributed by atoms with Crippen molar-refractivity contribution in [1.82, 2.24) is 0 Å². The molecule has 2 heteroatoms. The van der Waals surface area contributed by atoms with Crippen LogP contribution >= 0.6 is 0 Å². The average molecular weight is 188 g/mol. The summed E-state index contributed by atoms with van der Waals surface area (Å²) in [5, 5.41) is 9.20. The van der Waals surface area contributed by atoms with Gasteiger partial charge in [0.15, 0.2) is 0 Å². The van der Waals surface area contributed by atoms with Crippen LogP contribution in [0.1, 0.15) is 24.5 Å². The van der Waals surface area contributed by atoms with Crippen LogP contribution in [-0.4, -0.2) is 5.11 Å². The van der Waals surface area contributed by atoms with Crippen molar-refractivity contribution >= 4 is 0 Å². The minimum absolute atomic E-state index is 0. The van der Waals surface area contributed by atoms with Gasteiger partial charge in [0.25, 0.3) is 0 Å². The first-order valence-corrected chi connectivity index (χ1v) is 3.87. The molecule has 1 aromatic carbocycles. The Morgan fingerprint density at radius 3 is 2.58 bits per heavy atom. The summed E-state index contributed by atoms with van der Waals surface area (Å²) >= 11 is 0. The van der Waals surface area contributed by atoms with E-state index < -0.39 is 0 Å². The molecule has 0 unspecified atom stereocenters. The number of hydrogen-bond donors (Lipinski definition) is 1. The molecule has 0 aliphatic heterocycles. The Balaban J connectivity index is 0.00000121. The zero-order chi connectivity index (χ0) is 8.27. The fraction of sp³-hybridized carbons (Fsp3) is 0.300. The van der Waals surface area contributed by atoms with E-state index in [1.807, 2.05) is 19.1 Å². The zero-order valence-corrected chi connectivity index (χ0v) is 11.1. The molecule has 0 aliphatic carbocycles. The van der Waals surface area contributed by atoms with Gasteiger partial charge in [-0.2, -0.15) is 24.1 Å². The minimum Gasteiger partial charge on any atom is -0.510 e. The van der Waals surface area contributed by atoms with Crippen LogP contribution < -0.4 is 51.4 Å². The maximum absolute atomic E-state index is 9.20. The predicted octanol–water partition coefficient (Wildman–Crippen LogP) is -0.333. The minimum atomic E-state index is 0. The summed E-state index contributed by atoms with van der Waals surface area (Å²) in [6.45, 7) is 4.00. The van der Waals surface area contributed by atoms with Gasteiger partial charge in [0, 0.05) is 0 Å². The maximum atomic E-state index is 9.20. The number of rotatable bonds is 2. The molecule has 0 aliphatic rings. The molecule has 0 saturated heterocycles. The van der Waals surface area contributed by atoms with Gasteiger partial charge in [0.2, 0.25) is 0 Å². The summed E-state index contributed by atoms with van der Waals surface area (Å²) in [5.41, 5.74) is 2.12. The van der Waals surface area contributed by atoms with Gasteiger partial charge in [-0.1, -0.05) is 25.0 Å². The van der Waals surface area contributed by atoms with E-state index in [9.17, 15) is 5.11 Å². The van der Waals surface area contributed by atoms with Crippen LogP contribution in [0.4, 0.5) is 0 Å².